The number of nitrogens with zero attached hydrogens (tertiary/aromatic N) is 3. The average Bonchev–Trinajstić information content (AvgIpc) is 2.19. The van der Waals surface area contributed by atoms with Crippen LogP contribution in [-0.2, 0) is 0 Å². The zero-order valence-electron chi connectivity index (χ0n) is 8.90. The van der Waals surface area contributed by atoms with Crippen molar-refractivity contribution in [2.75, 3.05) is 23.7 Å². The molecule has 0 spiro atoms. The van der Waals surface area contributed by atoms with Crippen LogP contribution in [0.4, 0.5) is 11.8 Å². The van der Waals surface area contributed by atoms with Crippen molar-refractivity contribution in [3.05, 3.63) is 12.3 Å². The Morgan fingerprint density at radius 1 is 1.43 bits per heavy atom. The first-order valence-electron chi connectivity index (χ1n) is 5.11. The van der Waals surface area contributed by atoms with Gasteiger partial charge in [0.1, 0.15) is 5.82 Å². The molecule has 1 aromatic rings. The van der Waals surface area contributed by atoms with E-state index in [-0.39, 0.29) is 0 Å². The van der Waals surface area contributed by atoms with E-state index in [9.17, 15) is 0 Å². The predicted molar refractivity (Wildman–Crippen MR) is 59.2 cm³/mol. The first kappa shape index (κ1) is 10.8. The number of unbranched alkanes of at least 4 members (excludes halogenated alkanes) is 1. The van der Waals surface area contributed by atoms with Crippen LogP contribution in [0.1, 0.15) is 26.7 Å². The summed E-state index contributed by atoms with van der Waals surface area (Å²) in [5.74, 6) is 1.27. The molecule has 0 unspecified atom stereocenters. The van der Waals surface area contributed by atoms with Crippen molar-refractivity contribution in [3.63, 3.8) is 0 Å². The molecule has 0 amide bonds. The number of nitrogens with two attached hydrogens (primary N) is 1. The largest absolute Gasteiger partial charge is 0.368 e. The maximum absolute atomic E-state index is 5.53. The van der Waals surface area contributed by atoms with Crippen LogP contribution in [0, 0.1) is 0 Å². The number of hydrogen-bond acceptors (Lipinski definition) is 4. The highest BCUT2D eigenvalue weighted by molar-refractivity contribution is 5.40. The van der Waals surface area contributed by atoms with Crippen LogP contribution in [0.3, 0.4) is 0 Å². The summed E-state index contributed by atoms with van der Waals surface area (Å²) in [4.78, 5) is 10.3. The molecule has 1 heterocycles. The van der Waals surface area contributed by atoms with Gasteiger partial charge in [0.2, 0.25) is 5.95 Å². The van der Waals surface area contributed by atoms with Crippen LogP contribution in [0.5, 0.6) is 0 Å². The van der Waals surface area contributed by atoms with E-state index in [1.54, 1.807) is 6.20 Å². The molecule has 0 bridgehead atoms. The Labute approximate surface area is 85.2 Å². The fraction of sp³-hybridized carbons (Fsp3) is 0.600. The normalized spacial score (nSPS) is 10.1. The second-order valence-corrected chi connectivity index (χ2v) is 3.21. The fourth-order valence-corrected chi connectivity index (χ4v) is 1.32. The van der Waals surface area contributed by atoms with Gasteiger partial charge < -0.3 is 10.6 Å². The van der Waals surface area contributed by atoms with Gasteiger partial charge in [0, 0.05) is 19.3 Å². The zero-order valence-corrected chi connectivity index (χ0v) is 8.90. The lowest BCUT2D eigenvalue weighted by atomic mass is 10.3. The van der Waals surface area contributed by atoms with Gasteiger partial charge in [-0.05, 0) is 19.4 Å². The predicted octanol–water partition coefficient (Wildman–Crippen LogP) is 1.69. The molecule has 0 aliphatic heterocycles. The minimum atomic E-state index is 0.345. The minimum Gasteiger partial charge on any atom is -0.368 e. The Balaban J connectivity index is 2.68. The van der Waals surface area contributed by atoms with Gasteiger partial charge in [0.25, 0.3) is 0 Å². The molecule has 0 aromatic carbocycles. The molecule has 4 nitrogen and oxygen atoms in total. The van der Waals surface area contributed by atoms with Crippen LogP contribution in [-0.4, -0.2) is 23.1 Å². The Bertz CT molecular complexity index is 275. The highest BCUT2D eigenvalue weighted by Crippen LogP contribution is 2.11. The lowest BCUT2D eigenvalue weighted by Crippen LogP contribution is -2.25. The fourth-order valence-electron chi connectivity index (χ4n) is 1.32. The maximum atomic E-state index is 5.53. The molecule has 0 aliphatic carbocycles. The van der Waals surface area contributed by atoms with Crippen LogP contribution in [0.2, 0.25) is 0 Å². The van der Waals surface area contributed by atoms with E-state index in [0.29, 0.717) is 5.95 Å². The second kappa shape index (κ2) is 5.42. The number of aromatic nitrogens is 2. The average molecular weight is 194 g/mol. The molecular formula is C10H18N4. The SMILES string of the molecule is CCCCN(CC)c1ccnc(N)n1. The van der Waals surface area contributed by atoms with E-state index in [1.165, 1.54) is 12.8 Å². The van der Waals surface area contributed by atoms with Gasteiger partial charge in [-0.15, -0.1) is 0 Å². The summed E-state index contributed by atoms with van der Waals surface area (Å²) in [5.41, 5.74) is 5.53. The van der Waals surface area contributed by atoms with Crippen LogP contribution in [0.15, 0.2) is 12.3 Å². The molecule has 2 N–H and O–H groups in total. The van der Waals surface area contributed by atoms with Gasteiger partial charge in [-0.3, -0.25) is 0 Å². The smallest absolute Gasteiger partial charge is 0.221 e. The Kier molecular flexibility index (Phi) is 4.16. The molecule has 0 saturated carbocycles. The maximum Gasteiger partial charge on any atom is 0.221 e. The summed E-state index contributed by atoms with van der Waals surface area (Å²) < 4.78 is 0. The molecule has 0 aliphatic rings. The van der Waals surface area contributed by atoms with E-state index < -0.39 is 0 Å². The van der Waals surface area contributed by atoms with Gasteiger partial charge in [-0.2, -0.15) is 4.98 Å². The quantitative estimate of drug-likeness (QED) is 0.775. The van der Waals surface area contributed by atoms with Crippen molar-refractivity contribution in [2.45, 2.75) is 26.7 Å². The lowest BCUT2D eigenvalue weighted by molar-refractivity contribution is 0.723. The van der Waals surface area contributed by atoms with E-state index in [1.807, 2.05) is 6.07 Å². The van der Waals surface area contributed by atoms with E-state index in [2.05, 4.69) is 28.7 Å². The third-order valence-corrected chi connectivity index (χ3v) is 2.15. The van der Waals surface area contributed by atoms with Gasteiger partial charge in [0.05, 0.1) is 0 Å². The first-order valence-corrected chi connectivity index (χ1v) is 5.11. The summed E-state index contributed by atoms with van der Waals surface area (Å²) in [6.07, 6.45) is 4.07. The van der Waals surface area contributed by atoms with Crippen molar-refractivity contribution in [2.24, 2.45) is 0 Å². The van der Waals surface area contributed by atoms with Gasteiger partial charge in [-0.1, -0.05) is 13.3 Å². The zero-order chi connectivity index (χ0) is 10.4. The summed E-state index contributed by atoms with van der Waals surface area (Å²) in [7, 11) is 0. The van der Waals surface area contributed by atoms with E-state index >= 15 is 0 Å². The summed E-state index contributed by atoms with van der Waals surface area (Å²) in [6, 6.07) is 1.90. The molecule has 14 heavy (non-hydrogen) atoms. The summed E-state index contributed by atoms with van der Waals surface area (Å²) >= 11 is 0. The molecular weight excluding hydrogens is 176 g/mol. The first-order chi connectivity index (χ1) is 6.77. The van der Waals surface area contributed by atoms with E-state index in [0.717, 1.165) is 18.9 Å². The van der Waals surface area contributed by atoms with Crippen molar-refractivity contribution < 1.29 is 0 Å². The third kappa shape index (κ3) is 2.87. The molecule has 0 radical (unpaired) electrons. The topological polar surface area (TPSA) is 55.0 Å². The third-order valence-electron chi connectivity index (χ3n) is 2.15. The van der Waals surface area contributed by atoms with E-state index in [4.69, 9.17) is 5.73 Å². The Hall–Kier alpha value is -1.32. The molecule has 1 rings (SSSR count). The molecule has 1 aromatic heterocycles. The van der Waals surface area contributed by atoms with Crippen LogP contribution in [0.25, 0.3) is 0 Å². The number of rotatable bonds is 5. The Morgan fingerprint density at radius 3 is 2.79 bits per heavy atom. The highest BCUT2D eigenvalue weighted by atomic mass is 15.2. The molecule has 0 saturated heterocycles. The minimum absolute atomic E-state index is 0.345. The number of anilines is 2. The highest BCUT2D eigenvalue weighted by Gasteiger charge is 2.04. The number of nitrogen functional groups attached to an aromatic ring is 1. The van der Waals surface area contributed by atoms with Gasteiger partial charge in [0.15, 0.2) is 0 Å². The second-order valence-electron chi connectivity index (χ2n) is 3.21. The monoisotopic (exact) mass is 194 g/mol. The Morgan fingerprint density at radius 2 is 2.21 bits per heavy atom. The molecule has 78 valence electrons. The molecule has 0 fully saturated rings. The lowest BCUT2D eigenvalue weighted by Gasteiger charge is -2.21. The van der Waals surface area contributed by atoms with Crippen LogP contribution >= 0.6 is 0 Å². The summed E-state index contributed by atoms with van der Waals surface area (Å²) in [5, 5.41) is 0. The number of hydrogen-bond donors (Lipinski definition) is 1. The van der Waals surface area contributed by atoms with Gasteiger partial charge in [-0.25, -0.2) is 4.98 Å². The van der Waals surface area contributed by atoms with Crippen molar-refractivity contribution in [1.29, 1.82) is 0 Å². The van der Waals surface area contributed by atoms with Crippen molar-refractivity contribution in [1.82, 2.24) is 9.97 Å². The molecule has 4 heteroatoms. The standard InChI is InChI=1S/C10H18N4/c1-3-5-8-14(4-2)9-6-7-12-10(11)13-9/h6-7H,3-5,8H2,1-2H3,(H2,11,12,13). The molecule has 0 atom stereocenters. The van der Waals surface area contributed by atoms with Crippen molar-refractivity contribution >= 4 is 11.8 Å². The van der Waals surface area contributed by atoms with Crippen LogP contribution < -0.4 is 10.6 Å². The van der Waals surface area contributed by atoms with Crippen molar-refractivity contribution in [3.8, 4) is 0 Å². The van der Waals surface area contributed by atoms with Gasteiger partial charge >= 0.3 is 0 Å². The summed E-state index contributed by atoms with van der Waals surface area (Å²) in [6.45, 7) is 6.29.